The standard InChI is InChI=1S/C25H21FO3/c1-2-6-19-13-22-21(18-7-4-3-5-8-18)14-25(27)29-24(22)15-23(19)28-16-17-9-11-20(26)12-10-17/h3-5,7-15H,2,6,16H2,1H3. The van der Waals surface area contributed by atoms with E-state index in [1.807, 2.05) is 36.4 Å². The molecule has 0 fully saturated rings. The molecular formula is C25H21FO3. The van der Waals surface area contributed by atoms with Gasteiger partial charge in [-0.2, -0.15) is 0 Å². The molecule has 0 atom stereocenters. The number of rotatable bonds is 6. The first kappa shape index (κ1) is 18.9. The molecule has 0 saturated carbocycles. The second-order valence-corrected chi connectivity index (χ2v) is 6.97. The number of aryl methyl sites for hydroxylation is 1. The third-order valence-electron chi connectivity index (χ3n) is 4.84. The predicted molar refractivity (Wildman–Crippen MR) is 113 cm³/mol. The quantitative estimate of drug-likeness (QED) is 0.373. The smallest absolute Gasteiger partial charge is 0.336 e. The van der Waals surface area contributed by atoms with Gasteiger partial charge in [-0.15, -0.1) is 0 Å². The SMILES string of the molecule is CCCc1cc2c(-c3ccccc3)cc(=O)oc2cc1OCc1ccc(F)cc1. The number of benzene rings is 3. The van der Waals surface area contributed by atoms with Crippen LogP contribution in [0.15, 0.2) is 82.0 Å². The maximum atomic E-state index is 13.1. The highest BCUT2D eigenvalue weighted by molar-refractivity contribution is 5.94. The third-order valence-corrected chi connectivity index (χ3v) is 4.84. The van der Waals surface area contributed by atoms with Crippen LogP contribution < -0.4 is 10.4 Å². The van der Waals surface area contributed by atoms with Crippen molar-refractivity contribution in [3.8, 4) is 16.9 Å². The Balaban J connectivity index is 1.77. The molecule has 0 aliphatic heterocycles. The topological polar surface area (TPSA) is 39.4 Å². The second kappa shape index (κ2) is 8.31. The second-order valence-electron chi connectivity index (χ2n) is 6.97. The highest BCUT2D eigenvalue weighted by Crippen LogP contribution is 2.33. The van der Waals surface area contributed by atoms with Crippen LogP contribution in [0.3, 0.4) is 0 Å². The Labute approximate surface area is 168 Å². The van der Waals surface area contributed by atoms with Gasteiger partial charge in [-0.1, -0.05) is 55.8 Å². The lowest BCUT2D eigenvalue weighted by atomic mass is 9.98. The molecule has 3 aromatic carbocycles. The van der Waals surface area contributed by atoms with Gasteiger partial charge < -0.3 is 9.15 Å². The van der Waals surface area contributed by atoms with E-state index in [0.29, 0.717) is 17.9 Å². The van der Waals surface area contributed by atoms with Gasteiger partial charge in [0.25, 0.3) is 0 Å². The Kier molecular flexibility index (Phi) is 5.43. The Morgan fingerprint density at radius 2 is 1.72 bits per heavy atom. The number of hydrogen-bond donors (Lipinski definition) is 0. The summed E-state index contributed by atoms with van der Waals surface area (Å²) in [7, 11) is 0. The molecule has 29 heavy (non-hydrogen) atoms. The van der Waals surface area contributed by atoms with Crippen molar-refractivity contribution in [3.05, 3.63) is 100 Å². The van der Waals surface area contributed by atoms with Crippen LogP contribution >= 0.6 is 0 Å². The fourth-order valence-corrected chi connectivity index (χ4v) is 3.43. The number of hydrogen-bond acceptors (Lipinski definition) is 3. The van der Waals surface area contributed by atoms with E-state index in [1.54, 1.807) is 18.2 Å². The average molecular weight is 388 g/mol. The summed E-state index contributed by atoms with van der Waals surface area (Å²) in [5.74, 6) is 0.401. The van der Waals surface area contributed by atoms with E-state index in [9.17, 15) is 9.18 Å². The predicted octanol–water partition coefficient (Wildman–Crippen LogP) is 6.13. The van der Waals surface area contributed by atoms with Gasteiger partial charge in [0.15, 0.2) is 0 Å². The summed E-state index contributed by atoms with van der Waals surface area (Å²) in [6.45, 7) is 2.42. The molecule has 1 aromatic heterocycles. The Morgan fingerprint density at radius 3 is 2.45 bits per heavy atom. The fourth-order valence-electron chi connectivity index (χ4n) is 3.43. The van der Waals surface area contributed by atoms with Crippen LogP contribution in [0.25, 0.3) is 22.1 Å². The van der Waals surface area contributed by atoms with Gasteiger partial charge in [0.05, 0.1) is 0 Å². The van der Waals surface area contributed by atoms with Crippen molar-refractivity contribution in [2.24, 2.45) is 0 Å². The summed E-state index contributed by atoms with van der Waals surface area (Å²) in [5.41, 5.74) is 3.82. The molecule has 0 radical (unpaired) electrons. The van der Waals surface area contributed by atoms with E-state index in [2.05, 4.69) is 6.92 Å². The minimum Gasteiger partial charge on any atom is -0.488 e. The Bertz CT molecular complexity index is 1180. The van der Waals surface area contributed by atoms with Crippen molar-refractivity contribution < 1.29 is 13.5 Å². The van der Waals surface area contributed by atoms with Crippen molar-refractivity contribution in [3.63, 3.8) is 0 Å². The zero-order valence-electron chi connectivity index (χ0n) is 16.2. The molecule has 146 valence electrons. The first-order chi connectivity index (χ1) is 14.1. The summed E-state index contributed by atoms with van der Waals surface area (Å²) in [6.07, 6.45) is 1.79. The van der Waals surface area contributed by atoms with Crippen LogP contribution in [0.2, 0.25) is 0 Å². The zero-order chi connectivity index (χ0) is 20.2. The summed E-state index contributed by atoms with van der Waals surface area (Å²) in [5, 5.41) is 0.883. The molecule has 1 heterocycles. The number of halogens is 1. The van der Waals surface area contributed by atoms with Gasteiger partial charge in [-0.25, -0.2) is 9.18 Å². The van der Waals surface area contributed by atoms with Crippen LogP contribution in [-0.4, -0.2) is 0 Å². The first-order valence-electron chi connectivity index (χ1n) is 9.67. The molecule has 0 spiro atoms. The molecule has 0 N–H and O–H groups in total. The number of fused-ring (bicyclic) bond motifs is 1. The van der Waals surface area contributed by atoms with Gasteiger partial charge in [0.2, 0.25) is 0 Å². The minimum absolute atomic E-state index is 0.277. The maximum Gasteiger partial charge on any atom is 0.336 e. The normalized spacial score (nSPS) is 11.0. The van der Waals surface area contributed by atoms with Gasteiger partial charge >= 0.3 is 5.63 Å². The lowest BCUT2D eigenvalue weighted by Crippen LogP contribution is -2.02. The lowest BCUT2D eigenvalue weighted by molar-refractivity contribution is 0.302. The van der Waals surface area contributed by atoms with Gasteiger partial charge in [-0.05, 0) is 46.9 Å². The van der Waals surface area contributed by atoms with E-state index >= 15 is 0 Å². The van der Waals surface area contributed by atoms with Crippen molar-refractivity contribution in [2.45, 2.75) is 26.4 Å². The highest BCUT2D eigenvalue weighted by Gasteiger charge is 2.13. The molecule has 0 aliphatic rings. The molecular weight excluding hydrogens is 367 g/mol. The largest absolute Gasteiger partial charge is 0.488 e. The summed E-state index contributed by atoms with van der Waals surface area (Å²) >= 11 is 0. The molecule has 4 aromatic rings. The molecule has 0 unspecified atom stereocenters. The van der Waals surface area contributed by atoms with Gasteiger partial charge in [0.1, 0.15) is 23.8 Å². The van der Waals surface area contributed by atoms with Crippen LogP contribution in [0.1, 0.15) is 24.5 Å². The average Bonchev–Trinajstić information content (AvgIpc) is 2.74. The van der Waals surface area contributed by atoms with Crippen LogP contribution in [0, 0.1) is 5.82 Å². The van der Waals surface area contributed by atoms with Crippen molar-refractivity contribution >= 4 is 11.0 Å². The monoisotopic (exact) mass is 388 g/mol. The summed E-state index contributed by atoms with van der Waals surface area (Å²) < 4.78 is 24.6. The maximum absolute atomic E-state index is 13.1. The van der Waals surface area contributed by atoms with Gasteiger partial charge in [-0.3, -0.25) is 0 Å². The summed E-state index contributed by atoms with van der Waals surface area (Å²) in [4.78, 5) is 12.2. The molecule has 3 nitrogen and oxygen atoms in total. The minimum atomic E-state index is -0.399. The van der Waals surface area contributed by atoms with E-state index in [0.717, 1.165) is 40.5 Å². The van der Waals surface area contributed by atoms with Crippen molar-refractivity contribution in [1.29, 1.82) is 0 Å². The fraction of sp³-hybridized carbons (Fsp3) is 0.160. The van der Waals surface area contributed by atoms with Crippen LogP contribution in [0.5, 0.6) is 5.75 Å². The van der Waals surface area contributed by atoms with Crippen LogP contribution in [0.4, 0.5) is 4.39 Å². The van der Waals surface area contributed by atoms with Crippen LogP contribution in [-0.2, 0) is 13.0 Å². The third kappa shape index (κ3) is 4.21. The molecule has 0 bridgehead atoms. The summed E-state index contributed by atoms with van der Waals surface area (Å²) in [6, 6.07) is 21.4. The molecule has 0 saturated heterocycles. The molecule has 4 rings (SSSR count). The van der Waals surface area contributed by atoms with E-state index in [4.69, 9.17) is 9.15 Å². The van der Waals surface area contributed by atoms with E-state index in [1.165, 1.54) is 18.2 Å². The van der Waals surface area contributed by atoms with Gasteiger partial charge in [0, 0.05) is 17.5 Å². The van der Waals surface area contributed by atoms with E-state index < -0.39 is 5.63 Å². The zero-order valence-corrected chi connectivity index (χ0v) is 16.2. The van der Waals surface area contributed by atoms with E-state index in [-0.39, 0.29) is 5.82 Å². The Morgan fingerprint density at radius 1 is 0.966 bits per heavy atom. The molecule has 0 aliphatic carbocycles. The first-order valence-corrected chi connectivity index (χ1v) is 9.67. The molecule has 4 heteroatoms. The highest BCUT2D eigenvalue weighted by atomic mass is 19.1. The Hall–Kier alpha value is -3.40. The number of ether oxygens (including phenoxy) is 1. The lowest BCUT2D eigenvalue weighted by Gasteiger charge is -2.14. The van der Waals surface area contributed by atoms with Crippen molar-refractivity contribution in [2.75, 3.05) is 0 Å². The van der Waals surface area contributed by atoms with Crippen molar-refractivity contribution in [1.82, 2.24) is 0 Å². The molecule has 0 amide bonds.